The first-order valence-electron chi connectivity index (χ1n) is 7.61. The molecule has 0 unspecified atom stereocenters. The summed E-state index contributed by atoms with van der Waals surface area (Å²) in [5.41, 5.74) is 7.16. The molecule has 122 valence electrons. The highest BCUT2D eigenvalue weighted by Crippen LogP contribution is 2.34. The van der Waals surface area contributed by atoms with Crippen molar-refractivity contribution in [2.75, 3.05) is 0 Å². The van der Waals surface area contributed by atoms with Gasteiger partial charge in [-0.2, -0.15) is 10.2 Å². The molecular formula is C18H18N4OS. The van der Waals surface area contributed by atoms with E-state index in [-0.39, 0.29) is 5.91 Å². The molecule has 24 heavy (non-hydrogen) atoms. The molecule has 0 saturated heterocycles. The molecule has 0 aliphatic carbocycles. The van der Waals surface area contributed by atoms with Gasteiger partial charge < -0.3 is 0 Å². The van der Waals surface area contributed by atoms with Gasteiger partial charge in [-0.15, -0.1) is 16.4 Å². The van der Waals surface area contributed by atoms with Crippen molar-refractivity contribution in [1.29, 1.82) is 0 Å². The molecule has 5 nitrogen and oxygen atoms in total. The lowest BCUT2D eigenvalue weighted by molar-refractivity contribution is 0.0959. The van der Waals surface area contributed by atoms with Crippen LogP contribution in [-0.4, -0.2) is 21.8 Å². The fourth-order valence-corrected chi connectivity index (χ4v) is 3.40. The second-order valence-corrected chi connectivity index (χ2v) is 6.91. The second kappa shape index (κ2) is 6.49. The van der Waals surface area contributed by atoms with Crippen molar-refractivity contribution >= 4 is 33.0 Å². The molecule has 0 fully saturated rings. The number of carbonyl (C=O) groups is 1. The number of hydrazone groups is 1. The van der Waals surface area contributed by atoms with E-state index in [2.05, 4.69) is 20.7 Å². The number of benzene rings is 1. The van der Waals surface area contributed by atoms with E-state index >= 15 is 0 Å². The zero-order valence-corrected chi connectivity index (χ0v) is 14.9. The molecule has 0 radical (unpaired) electrons. The highest BCUT2D eigenvalue weighted by molar-refractivity contribution is 7.21. The van der Waals surface area contributed by atoms with Crippen LogP contribution in [0, 0.1) is 13.8 Å². The average molecular weight is 338 g/mol. The summed E-state index contributed by atoms with van der Waals surface area (Å²) in [5, 5.41) is 13.5. The number of nitrogens with zero attached hydrogens (tertiary/aromatic N) is 3. The number of aryl methyl sites for hydroxylation is 2. The highest BCUT2D eigenvalue weighted by Gasteiger charge is 2.16. The van der Waals surface area contributed by atoms with E-state index in [0.29, 0.717) is 4.88 Å². The van der Waals surface area contributed by atoms with Crippen LogP contribution in [0.5, 0.6) is 0 Å². The van der Waals surface area contributed by atoms with Gasteiger partial charge in [0, 0.05) is 16.7 Å². The molecule has 0 aliphatic rings. The van der Waals surface area contributed by atoms with Gasteiger partial charge >= 0.3 is 0 Å². The number of carbonyl (C=O) groups excluding carboxylic acids is 1. The third-order valence-electron chi connectivity index (χ3n) is 3.57. The predicted molar refractivity (Wildman–Crippen MR) is 98.6 cm³/mol. The van der Waals surface area contributed by atoms with E-state index in [9.17, 15) is 4.79 Å². The number of hydrogen-bond donors (Lipinski definition) is 1. The zero-order chi connectivity index (χ0) is 17.3. The van der Waals surface area contributed by atoms with Crippen LogP contribution < -0.4 is 5.43 Å². The van der Waals surface area contributed by atoms with Gasteiger partial charge in [0.05, 0.1) is 15.3 Å². The predicted octanol–water partition coefficient (Wildman–Crippen LogP) is 4.10. The van der Waals surface area contributed by atoms with Gasteiger partial charge in [-0.05, 0) is 33.8 Å². The first-order valence-corrected chi connectivity index (χ1v) is 8.42. The van der Waals surface area contributed by atoms with E-state index in [1.807, 2.05) is 58.0 Å². The SMILES string of the molecule is CC(C)=NNC(=O)c1cc2c(C)nnc(-c3ccc(C)cc3)c2s1. The van der Waals surface area contributed by atoms with Gasteiger partial charge in [-0.25, -0.2) is 5.43 Å². The molecule has 0 saturated carbocycles. The summed E-state index contributed by atoms with van der Waals surface area (Å²) in [7, 11) is 0. The van der Waals surface area contributed by atoms with Crippen LogP contribution >= 0.6 is 11.3 Å². The van der Waals surface area contributed by atoms with Gasteiger partial charge in [0.2, 0.25) is 0 Å². The Morgan fingerprint density at radius 2 is 1.83 bits per heavy atom. The zero-order valence-electron chi connectivity index (χ0n) is 14.0. The topological polar surface area (TPSA) is 67.2 Å². The lowest BCUT2D eigenvalue weighted by atomic mass is 10.1. The first-order chi connectivity index (χ1) is 11.5. The summed E-state index contributed by atoms with van der Waals surface area (Å²) in [6.45, 7) is 7.61. The van der Waals surface area contributed by atoms with Crippen LogP contribution in [0.15, 0.2) is 35.4 Å². The summed E-state index contributed by atoms with van der Waals surface area (Å²) in [6, 6.07) is 10.00. The fourth-order valence-electron chi connectivity index (χ4n) is 2.29. The number of hydrogen-bond acceptors (Lipinski definition) is 5. The van der Waals surface area contributed by atoms with Crippen molar-refractivity contribution in [2.24, 2.45) is 5.10 Å². The van der Waals surface area contributed by atoms with Crippen molar-refractivity contribution in [1.82, 2.24) is 15.6 Å². The quantitative estimate of drug-likeness (QED) is 0.577. The summed E-state index contributed by atoms with van der Waals surface area (Å²) in [5.74, 6) is -0.216. The molecule has 3 aromatic rings. The maximum Gasteiger partial charge on any atom is 0.281 e. The lowest BCUT2D eigenvalue weighted by Crippen LogP contribution is -2.17. The van der Waals surface area contributed by atoms with Crippen LogP contribution in [0.3, 0.4) is 0 Å². The van der Waals surface area contributed by atoms with Gasteiger partial charge in [0.15, 0.2) is 0 Å². The molecular weight excluding hydrogens is 320 g/mol. The van der Waals surface area contributed by atoms with Crippen molar-refractivity contribution in [3.05, 3.63) is 46.5 Å². The standard InChI is InChI=1S/C18H18N4OS/c1-10(2)19-22-18(23)15-9-14-12(4)20-21-16(17(14)24-15)13-7-5-11(3)6-8-13/h5-9H,1-4H3,(H,22,23). The van der Waals surface area contributed by atoms with Crippen LogP contribution in [0.1, 0.15) is 34.8 Å². The molecule has 1 N–H and O–H groups in total. The minimum absolute atomic E-state index is 0.216. The van der Waals surface area contributed by atoms with E-state index < -0.39 is 0 Å². The van der Waals surface area contributed by atoms with Gasteiger partial charge in [-0.1, -0.05) is 29.8 Å². The Labute approximate surface area is 144 Å². The van der Waals surface area contributed by atoms with Crippen LogP contribution in [0.2, 0.25) is 0 Å². The van der Waals surface area contributed by atoms with Gasteiger partial charge in [0.1, 0.15) is 5.69 Å². The third kappa shape index (κ3) is 3.19. The Kier molecular flexibility index (Phi) is 4.40. The Morgan fingerprint density at radius 3 is 2.50 bits per heavy atom. The van der Waals surface area contributed by atoms with E-state index in [1.165, 1.54) is 16.9 Å². The minimum atomic E-state index is -0.216. The minimum Gasteiger partial charge on any atom is -0.266 e. The lowest BCUT2D eigenvalue weighted by Gasteiger charge is -2.03. The number of thiophene rings is 1. The Bertz CT molecular complexity index is 938. The highest BCUT2D eigenvalue weighted by atomic mass is 32.1. The Hall–Kier alpha value is -2.60. The number of fused-ring (bicyclic) bond motifs is 1. The summed E-state index contributed by atoms with van der Waals surface area (Å²) in [6.07, 6.45) is 0. The number of aromatic nitrogens is 2. The van der Waals surface area contributed by atoms with Crippen molar-refractivity contribution in [3.8, 4) is 11.3 Å². The number of rotatable bonds is 3. The molecule has 0 spiro atoms. The molecule has 0 bridgehead atoms. The third-order valence-corrected chi connectivity index (χ3v) is 4.71. The molecule has 3 rings (SSSR count). The average Bonchev–Trinajstić information content (AvgIpc) is 3.00. The van der Waals surface area contributed by atoms with Gasteiger partial charge in [-0.3, -0.25) is 4.79 Å². The van der Waals surface area contributed by atoms with Crippen LogP contribution in [0.25, 0.3) is 21.3 Å². The molecule has 2 heterocycles. The second-order valence-electron chi connectivity index (χ2n) is 5.85. The van der Waals surface area contributed by atoms with Crippen molar-refractivity contribution < 1.29 is 4.79 Å². The monoisotopic (exact) mass is 338 g/mol. The Balaban J connectivity index is 2.09. The smallest absolute Gasteiger partial charge is 0.266 e. The van der Waals surface area contributed by atoms with E-state index in [4.69, 9.17) is 0 Å². The number of amides is 1. The van der Waals surface area contributed by atoms with E-state index in [1.54, 1.807) is 0 Å². The van der Waals surface area contributed by atoms with Crippen molar-refractivity contribution in [2.45, 2.75) is 27.7 Å². The molecule has 6 heteroatoms. The largest absolute Gasteiger partial charge is 0.281 e. The van der Waals surface area contributed by atoms with Gasteiger partial charge in [0.25, 0.3) is 5.91 Å². The summed E-state index contributed by atoms with van der Waals surface area (Å²) in [4.78, 5) is 12.9. The molecule has 1 aromatic carbocycles. The fraction of sp³-hybridized carbons (Fsp3) is 0.222. The maximum absolute atomic E-state index is 12.3. The molecule has 0 aliphatic heterocycles. The summed E-state index contributed by atoms with van der Waals surface area (Å²) >= 11 is 1.41. The van der Waals surface area contributed by atoms with E-state index in [0.717, 1.165) is 32.7 Å². The maximum atomic E-state index is 12.3. The van der Waals surface area contributed by atoms with Crippen LogP contribution in [-0.2, 0) is 0 Å². The molecule has 0 atom stereocenters. The summed E-state index contributed by atoms with van der Waals surface area (Å²) < 4.78 is 0.966. The first kappa shape index (κ1) is 16.3. The molecule has 2 aromatic heterocycles. The van der Waals surface area contributed by atoms with Crippen LogP contribution in [0.4, 0.5) is 0 Å². The molecule has 1 amide bonds. The normalized spacial score (nSPS) is 10.7. The number of nitrogens with one attached hydrogen (secondary N) is 1. The Morgan fingerprint density at radius 1 is 1.12 bits per heavy atom. The van der Waals surface area contributed by atoms with Crippen molar-refractivity contribution in [3.63, 3.8) is 0 Å².